The Balaban J connectivity index is 2.79. The van der Waals surface area contributed by atoms with E-state index in [1.54, 1.807) is 0 Å². The highest BCUT2D eigenvalue weighted by atomic mass is 16.5. The average molecular weight is 149 g/mol. The van der Waals surface area contributed by atoms with E-state index >= 15 is 0 Å². The van der Waals surface area contributed by atoms with Crippen molar-refractivity contribution in [1.29, 1.82) is 0 Å². The van der Waals surface area contributed by atoms with Crippen LogP contribution in [-0.2, 0) is 0 Å². The number of fused-ring (bicyclic) bond motifs is 1. The van der Waals surface area contributed by atoms with Crippen LogP contribution >= 0.6 is 0 Å². The van der Waals surface area contributed by atoms with Crippen molar-refractivity contribution in [3.8, 4) is 5.88 Å². The van der Waals surface area contributed by atoms with Crippen LogP contribution in [0.4, 0.5) is 5.69 Å². The lowest BCUT2D eigenvalue weighted by Gasteiger charge is -2.01. The van der Waals surface area contributed by atoms with Gasteiger partial charge in [0.2, 0.25) is 5.69 Å². The lowest BCUT2D eigenvalue weighted by Crippen LogP contribution is -2.08. The fraction of sp³-hybridized carbons (Fsp3) is 0. The minimum atomic E-state index is -0.324. The van der Waals surface area contributed by atoms with E-state index in [1.807, 2.05) is 0 Å². The zero-order valence-corrected chi connectivity index (χ0v) is 5.37. The molecule has 0 unspecified atom stereocenters. The summed E-state index contributed by atoms with van der Waals surface area (Å²) >= 11 is 0. The predicted molar refractivity (Wildman–Crippen MR) is 37.2 cm³/mol. The smallest absolute Gasteiger partial charge is 0.281 e. The van der Waals surface area contributed by atoms with Crippen molar-refractivity contribution < 1.29 is 4.74 Å². The largest absolute Gasteiger partial charge is 0.435 e. The van der Waals surface area contributed by atoms with Gasteiger partial charge in [0.1, 0.15) is 0 Å². The Labute approximate surface area is 61.1 Å². The third-order valence-electron chi connectivity index (χ3n) is 1.19. The molecule has 0 fully saturated rings. The van der Waals surface area contributed by atoms with Crippen molar-refractivity contribution in [1.82, 2.24) is 9.97 Å². The Kier molecular flexibility index (Phi) is 1.11. The van der Waals surface area contributed by atoms with E-state index in [1.165, 1.54) is 12.6 Å². The van der Waals surface area contributed by atoms with Crippen LogP contribution in [0, 0.1) is 0 Å². The summed E-state index contributed by atoms with van der Waals surface area (Å²) in [6, 6.07) is 0. The molecule has 0 aromatic carbocycles. The molecule has 1 aliphatic rings. The maximum Gasteiger partial charge on any atom is 0.281 e. The van der Waals surface area contributed by atoms with Gasteiger partial charge in [-0.05, 0) is 0 Å². The summed E-state index contributed by atoms with van der Waals surface area (Å²) in [4.78, 5) is 20.7. The van der Waals surface area contributed by atoms with Gasteiger partial charge in [-0.3, -0.25) is 4.79 Å². The summed E-state index contributed by atoms with van der Waals surface area (Å²) in [7, 11) is 0. The molecule has 2 rings (SSSR count). The Bertz CT molecular complexity index is 401. The molecule has 0 spiro atoms. The molecular formula is C6H3N3O2. The van der Waals surface area contributed by atoms with Crippen LogP contribution in [0.1, 0.15) is 0 Å². The van der Waals surface area contributed by atoms with Crippen molar-refractivity contribution >= 4 is 11.6 Å². The molecule has 0 atom stereocenters. The first-order valence-electron chi connectivity index (χ1n) is 2.90. The monoisotopic (exact) mass is 149 g/mol. The van der Waals surface area contributed by atoms with Crippen molar-refractivity contribution in [2.75, 3.05) is 0 Å². The van der Waals surface area contributed by atoms with Crippen LogP contribution < -0.4 is 10.3 Å². The second kappa shape index (κ2) is 2.07. The van der Waals surface area contributed by atoms with Gasteiger partial charge in [0.25, 0.3) is 11.4 Å². The molecule has 0 bridgehead atoms. The van der Waals surface area contributed by atoms with E-state index in [0.29, 0.717) is 0 Å². The number of hydrogen-bond acceptors (Lipinski definition) is 4. The standard InChI is InChI=1S/C6H3N3O2/c10-5-4-6(9-3-8-5)11-2-1-7-4/h2-3H,(H,8,9,10). The number of aromatic nitrogens is 2. The number of rotatable bonds is 0. The Morgan fingerprint density at radius 3 is 3.36 bits per heavy atom. The zero-order valence-electron chi connectivity index (χ0n) is 5.37. The lowest BCUT2D eigenvalue weighted by atomic mass is 10.5. The SMILES string of the molecule is O=c1[nH]cnc2c1N=C=CO2. The number of nitrogens with zero attached hydrogens (tertiary/aromatic N) is 2. The third kappa shape index (κ3) is 0.835. The van der Waals surface area contributed by atoms with Crippen LogP contribution in [0.3, 0.4) is 0 Å². The van der Waals surface area contributed by atoms with Crippen LogP contribution in [0.25, 0.3) is 0 Å². The minimum Gasteiger partial charge on any atom is -0.435 e. The molecule has 1 aromatic heterocycles. The molecule has 1 aromatic rings. The van der Waals surface area contributed by atoms with Gasteiger partial charge in [0, 0.05) is 5.87 Å². The highest BCUT2D eigenvalue weighted by molar-refractivity contribution is 5.63. The fourth-order valence-electron chi connectivity index (χ4n) is 0.734. The van der Waals surface area contributed by atoms with E-state index in [-0.39, 0.29) is 17.1 Å². The van der Waals surface area contributed by atoms with Crippen molar-refractivity contribution in [3.63, 3.8) is 0 Å². The summed E-state index contributed by atoms with van der Waals surface area (Å²) in [6.45, 7) is 0. The van der Waals surface area contributed by atoms with Crippen LogP contribution in [0.2, 0.25) is 0 Å². The predicted octanol–water partition coefficient (Wildman–Crippen LogP) is -0.0228. The quantitative estimate of drug-likeness (QED) is 0.563. The maximum absolute atomic E-state index is 10.9. The lowest BCUT2D eigenvalue weighted by molar-refractivity contribution is 0.463. The van der Waals surface area contributed by atoms with Gasteiger partial charge >= 0.3 is 0 Å². The van der Waals surface area contributed by atoms with Gasteiger partial charge in [0.15, 0.2) is 6.26 Å². The molecular weight excluding hydrogens is 146 g/mol. The molecule has 1 aliphatic heterocycles. The number of aliphatic imine (C=N–C) groups is 1. The molecule has 2 heterocycles. The average Bonchev–Trinajstić information content (AvgIpc) is 2.06. The van der Waals surface area contributed by atoms with Crippen molar-refractivity contribution in [3.05, 3.63) is 22.9 Å². The summed E-state index contributed by atoms with van der Waals surface area (Å²) in [6.07, 6.45) is 2.50. The van der Waals surface area contributed by atoms with Gasteiger partial charge in [-0.1, -0.05) is 0 Å². The maximum atomic E-state index is 10.9. The first kappa shape index (κ1) is 5.88. The van der Waals surface area contributed by atoms with Gasteiger partial charge in [0.05, 0.1) is 6.33 Å². The molecule has 11 heavy (non-hydrogen) atoms. The van der Waals surface area contributed by atoms with Crippen molar-refractivity contribution in [2.24, 2.45) is 4.99 Å². The van der Waals surface area contributed by atoms with Crippen LogP contribution in [0.15, 0.2) is 22.4 Å². The molecule has 1 N–H and O–H groups in total. The summed E-state index contributed by atoms with van der Waals surface area (Å²) in [5.41, 5.74) is -0.161. The highest BCUT2D eigenvalue weighted by Crippen LogP contribution is 2.19. The van der Waals surface area contributed by atoms with E-state index in [9.17, 15) is 4.79 Å². The van der Waals surface area contributed by atoms with E-state index < -0.39 is 0 Å². The summed E-state index contributed by atoms with van der Waals surface area (Å²) in [5, 5.41) is 0. The minimum absolute atomic E-state index is 0.162. The molecule has 5 nitrogen and oxygen atoms in total. The molecule has 54 valence electrons. The van der Waals surface area contributed by atoms with Gasteiger partial charge in [-0.15, -0.1) is 0 Å². The number of nitrogens with one attached hydrogen (secondary N) is 1. The zero-order chi connectivity index (χ0) is 7.68. The van der Waals surface area contributed by atoms with E-state index in [2.05, 4.69) is 20.8 Å². The first-order chi connectivity index (χ1) is 5.38. The highest BCUT2D eigenvalue weighted by Gasteiger charge is 2.09. The van der Waals surface area contributed by atoms with Crippen LogP contribution in [-0.4, -0.2) is 15.8 Å². The van der Waals surface area contributed by atoms with Gasteiger partial charge < -0.3 is 9.72 Å². The van der Waals surface area contributed by atoms with E-state index in [0.717, 1.165) is 0 Å². The topological polar surface area (TPSA) is 67.3 Å². The molecule has 0 radical (unpaired) electrons. The Hall–Kier alpha value is -1.87. The molecule has 0 saturated heterocycles. The second-order valence-corrected chi connectivity index (χ2v) is 1.86. The first-order valence-corrected chi connectivity index (χ1v) is 2.90. The van der Waals surface area contributed by atoms with E-state index in [4.69, 9.17) is 4.74 Å². The summed E-state index contributed by atoms with van der Waals surface area (Å²) in [5.74, 6) is 2.61. The number of aromatic amines is 1. The molecule has 5 heteroatoms. The Morgan fingerprint density at radius 2 is 2.55 bits per heavy atom. The number of hydrogen-bond donors (Lipinski definition) is 1. The molecule has 0 amide bonds. The number of H-pyrrole nitrogens is 1. The third-order valence-corrected chi connectivity index (χ3v) is 1.19. The fourth-order valence-corrected chi connectivity index (χ4v) is 0.734. The molecule has 0 aliphatic carbocycles. The van der Waals surface area contributed by atoms with Crippen molar-refractivity contribution in [2.45, 2.75) is 0 Å². The Morgan fingerprint density at radius 1 is 1.64 bits per heavy atom. The van der Waals surface area contributed by atoms with Gasteiger partial charge in [-0.25, -0.2) is 4.98 Å². The normalized spacial score (nSPS) is 12.4. The van der Waals surface area contributed by atoms with Crippen LogP contribution in [0.5, 0.6) is 5.88 Å². The molecule has 0 saturated carbocycles. The van der Waals surface area contributed by atoms with Gasteiger partial charge in [-0.2, -0.15) is 4.99 Å². The second-order valence-electron chi connectivity index (χ2n) is 1.86. The summed E-state index contributed by atoms with van der Waals surface area (Å²) < 4.78 is 4.84. The number of ether oxygens (including phenoxy) is 1.